The Morgan fingerprint density at radius 1 is 1.03 bits per heavy atom. The molecule has 1 aliphatic rings. The van der Waals surface area contributed by atoms with Crippen molar-refractivity contribution in [1.82, 2.24) is 10.6 Å². The summed E-state index contributed by atoms with van der Waals surface area (Å²) in [5.41, 5.74) is 0.811. The highest BCUT2D eigenvalue weighted by Gasteiger charge is 2.27. The molecule has 2 aromatic rings. The highest BCUT2D eigenvalue weighted by atomic mass is 16.6. The first kappa shape index (κ1) is 19.5. The van der Waals surface area contributed by atoms with Crippen LogP contribution in [0, 0.1) is 10.1 Å². The van der Waals surface area contributed by atoms with E-state index < -0.39 is 22.8 Å². The van der Waals surface area contributed by atoms with E-state index in [4.69, 9.17) is 9.47 Å². The molecule has 1 heterocycles. The lowest BCUT2D eigenvalue weighted by molar-refractivity contribution is -0.384. The van der Waals surface area contributed by atoms with Crippen molar-refractivity contribution in [3.63, 3.8) is 0 Å². The van der Waals surface area contributed by atoms with Gasteiger partial charge in [0.15, 0.2) is 11.5 Å². The standard InChI is InChI=1S/C19H15N3O7/c1-28-16-9-11(8-14-17(23)20-19(25)21-18(14)24)5-6-15(16)29-10-12-3-2-4-13(7-12)22(26)27/h2-9H,10H2,1H3,(H2,20,21,23,24,25). The van der Waals surface area contributed by atoms with E-state index in [1.54, 1.807) is 30.3 Å². The van der Waals surface area contributed by atoms with Gasteiger partial charge in [-0.1, -0.05) is 18.2 Å². The van der Waals surface area contributed by atoms with Gasteiger partial charge in [0.2, 0.25) is 0 Å². The number of nitro groups is 1. The number of hydrogen-bond acceptors (Lipinski definition) is 7. The maximum Gasteiger partial charge on any atom is 0.328 e. The fraction of sp³-hybridized carbons (Fsp3) is 0.105. The lowest BCUT2D eigenvalue weighted by Crippen LogP contribution is -2.51. The van der Waals surface area contributed by atoms with Crippen molar-refractivity contribution in [3.8, 4) is 11.5 Å². The van der Waals surface area contributed by atoms with Gasteiger partial charge in [0.05, 0.1) is 12.0 Å². The molecule has 0 bridgehead atoms. The van der Waals surface area contributed by atoms with Crippen molar-refractivity contribution in [2.45, 2.75) is 6.61 Å². The molecule has 0 aliphatic carbocycles. The Kier molecular flexibility index (Phi) is 5.54. The van der Waals surface area contributed by atoms with E-state index in [0.717, 1.165) is 0 Å². The molecule has 0 spiro atoms. The SMILES string of the molecule is COc1cc(C=C2C(=O)NC(=O)NC2=O)ccc1OCc1cccc([N+](=O)[O-])c1. The number of carbonyl (C=O) groups is 3. The molecule has 0 aromatic heterocycles. The number of methoxy groups -OCH3 is 1. The summed E-state index contributed by atoms with van der Waals surface area (Å²) < 4.78 is 11.0. The van der Waals surface area contributed by atoms with Gasteiger partial charge in [0.25, 0.3) is 17.5 Å². The molecule has 0 saturated carbocycles. The van der Waals surface area contributed by atoms with Crippen LogP contribution in [0.5, 0.6) is 11.5 Å². The van der Waals surface area contributed by atoms with E-state index in [0.29, 0.717) is 22.6 Å². The summed E-state index contributed by atoms with van der Waals surface area (Å²) in [5.74, 6) is -0.904. The molecule has 0 unspecified atom stereocenters. The van der Waals surface area contributed by atoms with Gasteiger partial charge < -0.3 is 9.47 Å². The lowest BCUT2D eigenvalue weighted by Gasteiger charge is -2.14. The first-order chi connectivity index (χ1) is 13.9. The fourth-order valence-corrected chi connectivity index (χ4v) is 2.59. The summed E-state index contributed by atoms with van der Waals surface area (Å²) in [4.78, 5) is 45.1. The maximum absolute atomic E-state index is 11.8. The Bertz CT molecular complexity index is 1020. The second-order valence-electron chi connectivity index (χ2n) is 5.92. The van der Waals surface area contributed by atoms with Crippen molar-refractivity contribution >= 4 is 29.6 Å². The van der Waals surface area contributed by atoms with Crippen LogP contribution in [0.2, 0.25) is 0 Å². The minimum Gasteiger partial charge on any atom is -0.493 e. The van der Waals surface area contributed by atoms with E-state index >= 15 is 0 Å². The normalized spacial score (nSPS) is 13.4. The number of non-ortho nitro benzene ring substituents is 1. The van der Waals surface area contributed by atoms with Crippen molar-refractivity contribution in [1.29, 1.82) is 0 Å². The largest absolute Gasteiger partial charge is 0.493 e. The van der Waals surface area contributed by atoms with Gasteiger partial charge >= 0.3 is 6.03 Å². The summed E-state index contributed by atoms with van der Waals surface area (Å²) in [6, 6.07) is 9.90. The number of nitrogens with one attached hydrogen (secondary N) is 2. The molecule has 1 fully saturated rings. The Morgan fingerprint density at radius 2 is 1.76 bits per heavy atom. The Morgan fingerprint density at radius 3 is 2.41 bits per heavy atom. The zero-order valence-electron chi connectivity index (χ0n) is 15.1. The number of rotatable bonds is 6. The smallest absolute Gasteiger partial charge is 0.328 e. The summed E-state index contributed by atoms with van der Waals surface area (Å²) in [7, 11) is 1.42. The van der Waals surface area contributed by atoms with Gasteiger partial charge in [-0.15, -0.1) is 0 Å². The topological polar surface area (TPSA) is 137 Å². The molecular weight excluding hydrogens is 382 g/mol. The van der Waals surface area contributed by atoms with Crippen LogP contribution < -0.4 is 20.1 Å². The second-order valence-corrected chi connectivity index (χ2v) is 5.92. The van der Waals surface area contributed by atoms with Gasteiger partial charge in [0, 0.05) is 12.1 Å². The van der Waals surface area contributed by atoms with Crippen molar-refractivity contribution in [3.05, 3.63) is 69.3 Å². The van der Waals surface area contributed by atoms with Gasteiger partial charge in [-0.25, -0.2) is 4.79 Å². The highest BCUT2D eigenvalue weighted by Crippen LogP contribution is 2.30. The first-order valence-corrected chi connectivity index (χ1v) is 8.30. The summed E-state index contributed by atoms with van der Waals surface area (Å²) in [6.07, 6.45) is 1.31. The molecule has 0 radical (unpaired) electrons. The number of benzene rings is 2. The number of hydrogen-bond donors (Lipinski definition) is 2. The van der Waals surface area contributed by atoms with Gasteiger partial charge in [-0.3, -0.25) is 30.3 Å². The maximum atomic E-state index is 11.8. The summed E-state index contributed by atoms with van der Waals surface area (Å²) in [6.45, 7) is 0.0748. The van der Waals surface area contributed by atoms with Crippen LogP contribution in [0.1, 0.15) is 11.1 Å². The molecule has 10 nitrogen and oxygen atoms in total. The molecule has 148 valence electrons. The van der Waals surface area contributed by atoms with Crippen LogP contribution >= 0.6 is 0 Å². The molecule has 1 aliphatic heterocycles. The van der Waals surface area contributed by atoms with Crippen LogP contribution in [-0.4, -0.2) is 29.9 Å². The van der Waals surface area contributed by atoms with Crippen LogP contribution in [-0.2, 0) is 16.2 Å². The molecule has 2 N–H and O–H groups in total. The number of nitrogens with zero attached hydrogens (tertiary/aromatic N) is 1. The van der Waals surface area contributed by atoms with Crippen LogP contribution in [0.15, 0.2) is 48.0 Å². The molecule has 29 heavy (non-hydrogen) atoms. The lowest BCUT2D eigenvalue weighted by atomic mass is 10.1. The van der Waals surface area contributed by atoms with Gasteiger partial charge in [-0.05, 0) is 29.3 Å². The molecule has 0 atom stereocenters. The predicted octanol–water partition coefficient (Wildman–Crippen LogP) is 1.93. The number of barbiturate groups is 1. The third-order valence-electron chi connectivity index (χ3n) is 3.96. The first-order valence-electron chi connectivity index (χ1n) is 8.30. The number of carbonyl (C=O) groups excluding carboxylic acids is 3. The predicted molar refractivity (Wildman–Crippen MR) is 100 cm³/mol. The third kappa shape index (κ3) is 4.56. The monoisotopic (exact) mass is 397 g/mol. The van der Waals surface area contributed by atoms with E-state index in [-0.39, 0.29) is 17.9 Å². The number of imide groups is 2. The fourth-order valence-electron chi connectivity index (χ4n) is 2.59. The van der Waals surface area contributed by atoms with Crippen molar-refractivity contribution in [2.24, 2.45) is 0 Å². The molecule has 2 aromatic carbocycles. The Balaban J connectivity index is 1.79. The highest BCUT2D eigenvalue weighted by molar-refractivity contribution is 6.31. The van der Waals surface area contributed by atoms with Crippen LogP contribution in [0.3, 0.4) is 0 Å². The second kappa shape index (κ2) is 8.21. The average molecular weight is 397 g/mol. The number of ether oxygens (including phenoxy) is 2. The quantitative estimate of drug-likeness (QED) is 0.329. The molecule has 3 rings (SSSR count). The van der Waals surface area contributed by atoms with E-state index in [9.17, 15) is 24.5 Å². The van der Waals surface area contributed by atoms with Gasteiger partial charge in [-0.2, -0.15) is 0 Å². The molecule has 10 heteroatoms. The molecule has 1 saturated heterocycles. The summed E-state index contributed by atoms with van der Waals surface area (Å²) in [5, 5.41) is 14.8. The molecular formula is C19H15N3O7. The summed E-state index contributed by atoms with van der Waals surface area (Å²) >= 11 is 0. The van der Waals surface area contributed by atoms with Crippen LogP contribution in [0.4, 0.5) is 10.5 Å². The Hall–Kier alpha value is -4.21. The number of urea groups is 1. The van der Waals surface area contributed by atoms with Crippen molar-refractivity contribution in [2.75, 3.05) is 7.11 Å². The zero-order chi connectivity index (χ0) is 21.0. The average Bonchev–Trinajstić information content (AvgIpc) is 2.69. The number of nitro benzene ring substituents is 1. The van der Waals surface area contributed by atoms with E-state index in [2.05, 4.69) is 0 Å². The molecule has 4 amide bonds. The third-order valence-corrected chi connectivity index (χ3v) is 3.96. The minimum atomic E-state index is -0.875. The Labute approximate surface area is 164 Å². The number of amides is 4. The zero-order valence-corrected chi connectivity index (χ0v) is 15.1. The van der Waals surface area contributed by atoms with E-state index in [1.807, 2.05) is 10.6 Å². The van der Waals surface area contributed by atoms with Gasteiger partial charge in [0.1, 0.15) is 12.2 Å². The van der Waals surface area contributed by atoms with Crippen LogP contribution in [0.25, 0.3) is 6.08 Å². The minimum absolute atomic E-state index is 0.0393. The van der Waals surface area contributed by atoms with E-state index in [1.165, 1.54) is 25.3 Å². The van der Waals surface area contributed by atoms with Crippen molar-refractivity contribution < 1.29 is 28.8 Å².